The van der Waals surface area contributed by atoms with Gasteiger partial charge >= 0.3 is 0 Å². The van der Waals surface area contributed by atoms with E-state index in [0.717, 1.165) is 5.76 Å². The smallest absolute Gasteiger partial charge is 0.225 e. The van der Waals surface area contributed by atoms with Gasteiger partial charge in [-0.2, -0.15) is 0 Å². The second-order valence-corrected chi connectivity index (χ2v) is 3.88. The molecule has 1 rings (SSSR count). The Labute approximate surface area is 89.8 Å². The monoisotopic (exact) mass is 210 g/mol. The van der Waals surface area contributed by atoms with Gasteiger partial charge in [-0.25, -0.2) is 0 Å². The lowest BCUT2D eigenvalue weighted by Crippen LogP contribution is -2.39. The molecule has 0 bridgehead atoms. The van der Waals surface area contributed by atoms with E-state index < -0.39 is 0 Å². The van der Waals surface area contributed by atoms with Gasteiger partial charge in [0.1, 0.15) is 5.76 Å². The fourth-order valence-corrected chi connectivity index (χ4v) is 1.36. The van der Waals surface area contributed by atoms with Crippen LogP contribution in [0.15, 0.2) is 22.8 Å². The molecular weight excluding hydrogens is 192 g/mol. The molecule has 3 N–H and O–H groups in total. The zero-order valence-corrected chi connectivity index (χ0v) is 9.19. The summed E-state index contributed by atoms with van der Waals surface area (Å²) in [4.78, 5) is 11.7. The molecular formula is C11H18N2O2. The van der Waals surface area contributed by atoms with Gasteiger partial charge in [-0.1, -0.05) is 0 Å². The fraction of sp³-hybridized carbons (Fsp3) is 0.545. The summed E-state index contributed by atoms with van der Waals surface area (Å²) >= 11 is 0. The molecule has 0 radical (unpaired) electrons. The maximum Gasteiger partial charge on any atom is 0.225 e. The zero-order valence-electron chi connectivity index (χ0n) is 9.19. The number of carbonyl (C=O) groups excluding carboxylic acids is 1. The second-order valence-electron chi connectivity index (χ2n) is 3.88. The van der Waals surface area contributed by atoms with Crippen LogP contribution in [0.25, 0.3) is 0 Å². The minimum atomic E-state index is -0.210. The summed E-state index contributed by atoms with van der Waals surface area (Å²) < 4.78 is 5.19. The largest absolute Gasteiger partial charge is 0.469 e. The molecule has 1 atom stereocenters. The maximum atomic E-state index is 11.7. The molecule has 1 unspecified atom stereocenters. The first-order chi connectivity index (χ1) is 7.13. The minimum absolute atomic E-state index is 0.0103. The lowest BCUT2D eigenvalue weighted by Gasteiger charge is -2.15. The van der Waals surface area contributed by atoms with Crippen molar-refractivity contribution in [1.29, 1.82) is 0 Å². The van der Waals surface area contributed by atoms with Crippen LogP contribution in [0, 0.1) is 5.92 Å². The van der Waals surface area contributed by atoms with Crippen LogP contribution >= 0.6 is 0 Å². The third kappa shape index (κ3) is 3.75. The summed E-state index contributed by atoms with van der Waals surface area (Å²) in [6.07, 6.45) is 2.16. The summed E-state index contributed by atoms with van der Waals surface area (Å²) in [5, 5.41) is 2.85. The van der Waals surface area contributed by atoms with E-state index in [4.69, 9.17) is 10.2 Å². The Bertz CT molecular complexity index is 294. The Balaban J connectivity index is 2.52. The highest BCUT2D eigenvalue weighted by Gasteiger charge is 2.18. The van der Waals surface area contributed by atoms with Gasteiger partial charge in [-0.3, -0.25) is 4.79 Å². The summed E-state index contributed by atoms with van der Waals surface area (Å²) in [6, 6.07) is 3.80. The first-order valence-corrected chi connectivity index (χ1v) is 5.16. The van der Waals surface area contributed by atoms with Gasteiger partial charge in [0.05, 0.1) is 12.2 Å². The van der Waals surface area contributed by atoms with Gasteiger partial charge in [0.2, 0.25) is 5.91 Å². The number of amides is 1. The number of hydrogen-bond donors (Lipinski definition) is 2. The number of furan rings is 1. The molecule has 0 aliphatic carbocycles. The van der Waals surface area contributed by atoms with E-state index in [1.54, 1.807) is 6.26 Å². The molecule has 84 valence electrons. The molecule has 1 amide bonds. The fourth-order valence-electron chi connectivity index (χ4n) is 1.36. The van der Waals surface area contributed by atoms with E-state index in [2.05, 4.69) is 5.32 Å². The lowest BCUT2D eigenvalue weighted by molar-refractivity contribution is -0.125. The first kappa shape index (κ1) is 11.8. The maximum absolute atomic E-state index is 11.7. The normalized spacial score (nSPS) is 12.8. The van der Waals surface area contributed by atoms with Crippen LogP contribution in [-0.2, 0) is 11.2 Å². The van der Waals surface area contributed by atoms with Crippen molar-refractivity contribution < 1.29 is 9.21 Å². The number of nitrogens with one attached hydrogen (secondary N) is 1. The van der Waals surface area contributed by atoms with Crippen LogP contribution in [0.5, 0.6) is 0 Å². The predicted molar refractivity (Wildman–Crippen MR) is 58.2 cm³/mol. The van der Waals surface area contributed by atoms with Crippen molar-refractivity contribution in [3.05, 3.63) is 24.2 Å². The molecule has 0 aliphatic heterocycles. The Hall–Kier alpha value is -1.29. The van der Waals surface area contributed by atoms with Gasteiger partial charge in [-0.05, 0) is 26.0 Å². The third-order valence-corrected chi connectivity index (χ3v) is 2.11. The number of hydrogen-bond acceptors (Lipinski definition) is 3. The van der Waals surface area contributed by atoms with Crippen LogP contribution in [0.2, 0.25) is 0 Å². The Morgan fingerprint density at radius 2 is 2.33 bits per heavy atom. The molecule has 1 heterocycles. The van der Waals surface area contributed by atoms with Crippen molar-refractivity contribution in [1.82, 2.24) is 5.32 Å². The second kappa shape index (κ2) is 5.56. The van der Waals surface area contributed by atoms with E-state index in [-0.39, 0.29) is 17.9 Å². The van der Waals surface area contributed by atoms with Gasteiger partial charge < -0.3 is 15.5 Å². The van der Waals surface area contributed by atoms with Gasteiger partial charge in [0.25, 0.3) is 0 Å². The SMILES string of the molecule is CC(C)NC(=O)C(CN)Cc1ccco1. The topological polar surface area (TPSA) is 68.3 Å². The molecule has 0 saturated carbocycles. The number of rotatable bonds is 5. The zero-order chi connectivity index (χ0) is 11.3. The molecule has 15 heavy (non-hydrogen) atoms. The van der Waals surface area contributed by atoms with Crippen LogP contribution in [0.3, 0.4) is 0 Å². The molecule has 1 aromatic rings. The summed E-state index contributed by atoms with van der Waals surface area (Å²) in [5.41, 5.74) is 5.56. The van der Waals surface area contributed by atoms with Crippen molar-refractivity contribution in [2.75, 3.05) is 6.54 Å². The standard InChI is InChI=1S/C11H18N2O2/c1-8(2)13-11(14)9(7-12)6-10-4-3-5-15-10/h3-5,8-9H,6-7,12H2,1-2H3,(H,13,14). The molecule has 0 aromatic carbocycles. The number of nitrogens with two attached hydrogens (primary N) is 1. The summed E-state index contributed by atoms with van der Waals surface area (Å²) in [6.45, 7) is 4.19. The van der Waals surface area contributed by atoms with E-state index in [9.17, 15) is 4.79 Å². The molecule has 0 fully saturated rings. The predicted octanol–water partition coefficient (Wildman–Crippen LogP) is 0.922. The Kier molecular flexibility index (Phi) is 4.37. The molecule has 0 saturated heterocycles. The highest BCUT2D eigenvalue weighted by atomic mass is 16.3. The van der Waals surface area contributed by atoms with Crippen LogP contribution in [0.1, 0.15) is 19.6 Å². The Morgan fingerprint density at radius 1 is 1.60 bits per heavy atom. The molecule has 4 heteroatoms. The average molecular weight is 210 g/mol. The van der Waals surface area contributed by atoms with E-state index in [1.807, 2.05) is 26.0 Å². The van der Waals surface area contributed by atoms with Crippen LogP contribution < -0.4 is 11.1 Å². The van der Waals surface area contributed by atoms with E-state index in [0.29, 0.717) is 13.0 Å². The lowest BCUT2D eigenvalue weighted by atomic mass is 10.0. The Morgan fingerprint density at radius 3 is 2.80 bits per heavy atom. The van der Waals surface area contributed by atoms with E-state index in [1.165, 1.54) is 0 Å². The van der Waals surface area contributed by atoms with Gasteiger partial charge in [0.15, 0.2) is 0 Å². The molecule has 0 spiro atoms. The minimum Gasteiger partial charge on any atom is -0.469 e. The van der Waals surface area contributed by atoms with Crippen LogP contribution in [0.4, 0.5) is 0 Å². The van der Waals surface area contributed by atoms with Crippen molar-refractivity contribution in [3.63, 3.8) is 0 Å². The average Bonchev–Trinajstić information content (AvgIpc) is 2.65. The van der Waals surface area contributed by atoms with Gasteiger partial charge in [0, 0.05) is 19.0 Å². The van der Waals surface area contributed by atoms with Gasteiger partial charge in [-0.15, -0.1) is 0 Å². The molecule has 4 nitrogen and oxygen atoms in total. The van der Waals surface area contributed by atoms with Crippen molar-refractivity contribution in [3.8, 4) is 0 Å². The van der Waals surface area contributed by atoms with Crippen molar-refractivity contribution >= 4 is 5.91 Å². The van der Waals surface area contributed by atoms with E-state index >= 15 is 0 Å². The van der Waals surface area contributed by atoms with Crippen molar-refractivity contribution in [2.45, 2.75) is 26.3 Å². The van der Waals surface area contributed by atoms with Crippen molar-refractivity contribution in [2.24, 2.45) is 11.7 Å². The third-order valence-electron chi connectivity index (χ3n) is 2.11. The highest BCUT2D eigenvalue weighted by molar-refractivity contribution is 5.79. The first-order valence-electron chi connectivity index (χ1n) is 5.16. The molecule has 1 aromatic heterocycles. The molecule has 0 aliphatic rings. The quantitative estimate of drug-likeness (QED) is 0.759. The summed E-state index contributed by atoms with van der Waals surface area (Å²) in [7, 11) is 0. The highest BCUT2D eigenvalue weighted by Crippen LogP contribution is 2.08. The van der Waals surface area contributed by atoms with Crippen LogP contribution in [-0.4, -0.2) is 18.5 Å². The summed E-state index contributed by atoms with van der Waals surface area (Å²) in [5.74, 6) is 0.576. The number of carbonyl (C=O) groups is 1.